The minimum absolute atomic E-state index is 0.202. The molecule has 0 amide bonds. The molecule has 9 heteroatoms. The normalized spacial score (nSPS) is 11.7. The summed E-state index contributed by atoms with van der Waals surface area (Å²) in [4.78, 5) is 11.0. The molecule has 0 radical (unpaired) electrons. The minimum Gasteiger partial charge on any atom is -0.465 e. The molecule has 7 nitrogen and oxygen atoms in total. The van der Waals surface area contributed by atoms with E-state index in [0.29, 0.717) is 0 Å². The summed E-state index contributed by atoms with van der Waals surface area (Å²) >= 11 is 0. The topological polar surface area (TPSA) is 90.9 Å². The van der Waals surface area contributed by atoms with Crippen LogP contribution in [0.3, 0.4) is 0 Å². The minimum atomic E-state index is -4.13. The van der Waals surface area contributed by atoms with Gasteiger partial charge in [-0.3, -0.25) is 0 Å². The van der Waals surface area contributed by atoms with E-state index in [1.807, 2.05) is 0 Å². The third-order valence-electron chi connectivity index (χ3n) is 2.60. The number of carbonyl (C=O) groups is 1. The summed E-state index contributed by atoms with van der Waals surface area (Å²) in [6.07, 6.45) is -0.810. The molecule has 0 aromatic heterocycles. The standard InChI is InChI=1S/C12H16FNO6S/c1-18-11(19-2)7-14-21(16,17)10-6-8(13)4-5-9(10)12(15)20-3/h4-6,11,14H,7H2,1-3H3. The molecular weight excluding hydrogens is 305 g/mol. The second-order valence-corrected chi connectivity index (χ2v) is 5.62. The first-order valence-electron chi connectivity index (χ1n) is 5.78. The summed E-state index contributed by atoms with van der Waals surface area (Å²) in [7, 11) is -0.360. The molecule has 0 heterocycles. The summed E-state index contributed by atoms with van der Waals surface area (Å²) in [5, 5.41) is 0. The van der Waals surface area contributed by atoms with Crippen LogP contribution in [0.4, 0.5) is 4.39 Å². The zero-order valence-electron chi connectivity index (χ0n) is 11.8. The summed E-state index contributed by atoms with van der Waals surface area (Å²) in [6.45, 7) is -0.202. The molecule has 1 aromatic rings. The number of benzene rings is 1. The molecule has 0 bridgehead atoms. The molecule has 0 saturated heterocycles. The number of carbonyl (C=O) groups excluding carboxylic acids is 1. The third kappa shape index (κ3) is 4.46. The lowest BCUT2D eigenvalue weighted by molar-refractivity contribution is -0.0960. The van der Waals surface area contributed by atoms with Crippen LogP contribution in [0.1, 0.15) is 10.4 Å². The summed E-state index contributed by atoms with van der Waals surface area (Å²) < 4.78 is 53.9. The van der Waals surface area contributed by atoms with Crippen LogP contribution in [-0.4, -0.2) is 48.6 Å². The van der Waals surface area contributed by atoms with Crippen molar-refractivity contribution in [1.29, 1.82) is 0 Å². The van der Waals surface area contributed by atoms with Gasteiger partial charge in [0.25, 0.3) is 0 Å². The van der Waals surface area contributed by atoms with Gasteiger partial charge in [-0.05, 0) is 18.2 Å². The predicted octanol–water partition coefficient (Wildman–Crippen LogP) is 0.509. The van der Waals surface area contributed by atoms with E-state index in [1.54, 1.807) is 0 Å². The lowest BCUT2D eigenvalue weighted by atomic mass is 10.2. The molecule has 21 heavy (non-hydrogen) atoms. The van der Waals surface area contributed by atoms with Gasteiger partial charge < -0.3 is 14.2 Å². The summed E-state index contributed by atoms with van der Waals surface area (Å²) in [5.41, 5.74) is -0.266. The number of esters is 1. The zero-order valence-corrected chi connectivity index (χ0v) is 12.6. The largest absolute Gasteiger partial charge is 0.465 e. The van der Waals surface area contributed by atoms with Crippen LogP contribution in [0.2, 0.25) is 0 Å². The van der Waals surface area contributed by atoms with Gasteiger partial charge in [-0.1, -0.05) is 0 Å². The Morgan fingerprint density at radius 1 is 1.29 bits per heavy atom. The number of hydrogen-bond donors (Lipinski definition) is 1. The zero-order chi connectivity index (χ0) is 16.0. The first kappa shape index (κ1) is 17.5. The Morgan fingerprint density at radius 2 is 1.90 bits per heavy atom. The predicted molar refractivity (Wildman–Crippen MR) is 70.7 cm³/mol. The van der Waals surface area contributed by atoms with Crippen molar-refractivity contribution in [2.45, 2.75) is 11.2 Å². The van der Waals surface area contributed by atoms with Gasteiger partial charge in [0.2, 0.25) is 10.0 Å². The number of hydrogen-bond acceptors (Lipinski definition) is 6. The average molecular weight is 321 g/mol. The third-order valence-corrected chi connectivity index (χ3v) is 4.07. The van der Waals surface area contributed by atoms with Gasteiger partial charge >= 0.3 is 5.97 Å². The molecular formula is C12H16FNO6S. The Hall–Kier alpha value is -1.55. The van der Waals surface area contributed by atoms with E-state index in [2.05, 4.69) is 9.46 Å². The molecule has 0 spiro atoms. The fourth-order valence-corrected chi connectivity index (χ4v) is 2.74. The first-order chi connectivity index (χ1) is 9.85. The maximum Gasteiger partial charge on any atom is 0.339 e. The van der Waals surface area contributed by atoms with Gasteiger partial charge in [0.1, 0.15) is 5.82 Å². The first-order valence-corrected chi connectivity index (χ1v) is 7.27. The number of halogens is 1. The van der Waals surface area contributed by atoms with Crippen LogP contribution in [0.25, 0.3) is 0 Å². The van der Waals surface area contributed by atoms with Crippen molar-refractivity contribution in [1.82, 2.24) is 4.72 Å². The van der Waals surface area contributed by atoms with Crippen molar-refractivity contribution in [3.05, 3.63) is 29.6 Å². The monoisotopic (exact) mass is 321 g/mol. The molecule has 0 unspecified atom stereocenters. The molecule has 0 aliphatic carbocycles. The maximum absolute atomic E-state index is 13.3. The summed E-state index contributed by atoms with van der Waals surface area (Å²) in [6, 6.07) is 2.75. The highest BCUT2D eigenvalue weighted by Gasteiger charge is 2.24. The molecule has 0 aliphatic rings. The highest BCUT2D eigenvalue weighted by atomic mass is 32.2. The highest BCUT2D eigenvalue weighted by molar-refractivity contribution is 7.89. The number of sulfonamides is 1. The van der Waals surface area contributed by atoms with E-state index in [-0.39, 0.29) is 12.1 Å². The van der Waals surface area contributed by atoms with Gasteiger partial charge in [0.15, 0.2) is 6.29 Å². The molecule has 1 rings (SSSR count). The van der Waals surface area contributed by atoms with Gasteiger partial charge in [-0.25, -0.2) is 22.3 Å². The lowest BCUT2D eigenvalue weighted by Crippen LogP contribution is -2.35. The van der Waals surface area contributed by atoms with Crippen molar-refractivity contribution in [3.63, 3.8) is 0 Å². The van der Waals surface area contributed by atoms with Crippen LogP contribution >= 0.6 is 0 Å². The molecule has 0 atom stereocenters. The maximum atomic E-state index is 13.3. The van der Waals surface area contributed by atoms with Gasteiger partial charge in [-0.15, -0.1) is 0 Å². The van der Waals surface area contributed by atoms with Gasteiger partial charge in [-0.2, -0.15) is 0 Å². The van der Waals surface area contributed by atoms with Crippen LogP contribution in [0, 0.1) is 5.82 Å². The van der Waals surface area contributed by atoms with Crippen LogP contribution < -0.4 is 4.72 Å². The quantitative estimate of drug-likeness (QED) is 0.581. The average Bonchev–Trinajstić information content (AvgIpc) is 2.47. The van der Waals surface area contributed by atoms with E-state index in [4.69, 9.17) is 9.47 Å². The van der Waals surface area contributed by atoms with Crippen molar-refractivity contribution in [2.75, 3.05) is 27.9 Å². The fraction of sp³-hybridized carbons (Fsp3) is 0.417. The Bertz CT molecular complexity index is 600. The van der Waals surface area contributed by atoms with Crippen molar-refractivity contribution >= 4 is 16.0 Å². The lowest BCUT2D eigenvalue weighted by Gasteiger charge is -2.15. The van der Waals surface area contributed by atoms with E-state index >= 15 is 0 Å². The number of methoxy groups -OCH3 is 3. The Morgan fingerprint density at radius 3 is 2.43 bits per heavy atom. The number of nitrogens with one attached hydrogen (secondary N) is 1. The summed E-state index contributed by atoms with van der Waals surface area (Å²) in [5.74, 6) is -1.68. The molecule has 0 aliphatic heterocycles. The van der Waals surface area contributed by atoms with E-state index in [0.717, 1.165) is 25.3 Å². The van der Waals surface area contributed by atoms with Crippen LogP contribution in [0.15, 0.2) is 23.1 Å². The van der Waals surface area contributed by atoms with Crippen LogP contribution in [-0.2, 0) is 24.2 Å². The van der Waals surface area contributed by atoms with Crippen molar-refractivity contribution in [3.8, 4) is 0 Å². The SMILES string of the molecule is COC(=O)c1ccc(F)cc1S(=O)(=O)NCC(OC)OC. The Balaban J connectivity index is 3.12. The molecule has 1 N–H and O–H groups in total. The van der Waals surface area contributed by atoms with E-state index in [9.17, 15) is 17.6 Å². The molecule has 1 aromatic carbocycles. The molecule has 0 fully saturated rings. The Kier molecular flexibility index (Phi) is 6.21. The highest BCUT2D eigenvalue weighted by Crippen LogP contribution is 2.18. The molecule has 118 valence electrons. The van der Waals surface area contributed by atoms with Gasteiger partial charge in [0.05, 0.1) is 24.1 Å². The van der Waals surface area contributed by atoms with Crippen LogP contribution in [0.5, 0.6) is 0 Å². The second kappa shape index (κ2) is 7.46. The molecule has 0 saturated carbocycles. The van der Waals surface area contributed by atoms with Crippen molar-refractivity contribution in [2.24, 2.45) is 0 Å². The van der Waals surface area contributed by atoms with E-state index < -0.39 is 33.0 Å². The Labute approximate surface area is 122 Å². The van der Waals surface area contributed by atoms with Crippen molar-refractivity contribution < 1.29 is 31.8 Å². The fourth-order valence-electron chi connectivity index (χ4n) is 1.52. The number of ether oxygens (including phenoxy) is 3. The van der Waals surface area contributed by atoms with Gasteiger partial charge in [0, 0.05) is 14.2 Å². The second-order valence-electron chi connectivity index (χ2n) is 3.88. The number of rotatable bonds is 7. The van der Waals surface area contributed by atoms with E-state index in [1.165, 1.54) is 14.2 Å². The smallest absolute Gasteiger partial charge is 0.339 e.